The SMILES string of the molecule is C=CCn1c(O)c(C(C)=NCCCN(CC)CC)c(=O)[nH]c1=O. The van der Waals surface area contributed by atoms with E-state index in [0.717, 1.165) is 30.6 Å². The van der Waals surface area contributed by atoms with E-state index in [1.54, 1.807) is 6.92 Å². The summed E-state index contributed by atoms with van der Waals surface area (Å²) in [6.07, 6.45) is 2.34. The van der Waals surface area contributed by atoms with E-state index in [1.807, 2.05) is 0 Å². The summed E-state index contributed by atoms with van der Waals surface area (Å²) in [7, 11) is 0. The highest BCUT2D eigenvalue weighted by atomic mass is 16.3. The Labute approximate surface area is 136 Å². The molecule has 0 fully saturated rings. The third kappa shape index (κ3) is 4.92. The predicted molar refractivity (Wildman–Crippen MR) is 92.7 cm³/mol. The molecule has 128 valence electrons. The van der Waals surface area contributed by atoms with E-state index >= 15 is 0 Å². The Morgan fingerprint density at radius 2 is 2.04 bits per heavy atom. The van der Waals surface area contributed by atoms with Crippen LogP contribution in [0.25, 0.3) is 0 Å². The molecule has 0 unspecified atom stereocenters. The normalized spacial score (nSPS) is 11.9. The summed E-state index contributed by atoms with van der Waals surface area (Å²) in [4.78, 5) is 32.5. The first-order valence-corrected chi connectivity index (χ1v) is 7.86. The molecule has 23 heavy (non-hydrogen) atoms. The Hall–Kier alpha value is -2.15. The number of nitrogens with one attached hydrogen (secondary N) is 1. The fourth-order valence-corrected chi connectivity index (χ4v) is 2.34. The Bertz CT molecular complexity index is 669. The van der Waals surface area contributed by atoms with Crippen LogP contribution in [0.2, 0.25) is 0 Å². The van der Waals surface area contributed by atoms with Crippen molar-refractivity contribution < 1.29 is 5.11 Å². The van der Waals surface area contributed by atoms with Gasteiger partial charge in [0.05, 0.1) is 0 Å². The molecule has 0 saturated carbocycles. The monoisotopic (exact) mass is 322 g/mol. The number of aromatic nitrogens is 2. The largest absolute Gasteiger partial charge is 0.494 e. The summed E-state index contributed by atoms with van der Waals surface area (Å²) >= 11 is 0. The van der Waals surface area contributed by atoms with E-state index < -0.39 is 11.2 Å². The molecule has 0 bridgehead atoms. The zero-order valence-corrected chi connectivity index (χ0v) is 14.1. The Morgan fingerprint density at radius 1 is 1.39 bits per heavy atom. The zero-order valence-electron chi connectivity index (χ0n) is 14.1. The van der Waals surface area contributed by atoms with Crippen molar-refractivity contribution in [3.8, 4) is 5.88 Å². The molecule has 0 atom stereocenters. The Morgan fingerprint density at radius 3 is 2.61 bits per heavy atom. The average molecular weight is 322 g/mol. The second-order valence-electron chi connectivity index (χ2n) is 5.20. The van der Waals surface area contributed by atoms with E-state index in [1.165, 1.54) is 6.08 Å². The van der Waals surface area contributed by atoms with Crippen molar-refractivity contribution in [1.29, 1.82) is 0 Å². The van der Waals surface area contributed by atoms with Gasteiger partial charge in [-0.1, -0.05) is 19.9 Å². The van der Waals surface area contributed by atoms with Gasteiger partial charge in [0.2, 0.25) is 5.88 Å². The number of aromatic amines is 1. The number of aliphatic imine (C=N–C) groups is 1. The lowest BCUT2D eigenvalue weighted by Crippen LogP contribution is -2.33. The van der Waals surface area contributed by atoms with Gasteiger partial charge < -0.3 is 10.0 Å². The van der Waals surface area contributed by atoms with Crippen LogP contribution in [0, 0.1) is 0 Å². The molecule has 0 aliphatic carbocycles. The van der Waals surface area contributed by atoms with Crippen molar-refractivity contribution in [2.45, 2.75) is 33.7 Å². The summed E-state index contributed by atoms with van der Waals surface area (Å²) in [5.41, 5.74) is -0.835. The van der Waals surface area contributed by atoms with Gasteiger partial charge in [-0.2, -0.15) is 0 Å². The van der Waals surface area contributed by atoms with Crippen LogP contribution < -0.4 is 11.2 Å². The fraction of sp³-hybridized carbons (Fsp3) is 0.562. The van der Waals surface area contributed by atoms with Crippen LogP contribution in [0.15, 0.2) is 27.2 Å². The van der Waals surface area contributed by atoms with Gasteiger partial charge in [-0.15, -0.1) is 6.58 Å². The number of hydrogen-bond acceptors (Lipinski definition) is 5. The molecule has 7 nitrogen and oxygen atoms in total. The van der Waals surface area contributed by atoms with Gasteiger partial charge in [-0.05, 0) is 33.0 Å². The third-order valence-corrected chi connectivity index (χ3v) is 3.72. The maximum absolute atomic E-state index is 11.9. The lowest BCUT2D eigenvalue weighted by atomic mass is 10.2. The first-order chi connectivity index (χ1) is 11.0. The molecule has 0 saturated heterocycles. The quantitative estimate of drug-likeness (QED) is 0.403. The Kier molecular flexibility index (Phi) is 7.47. The molecule has 0 aliphatic rings. The van der Waals surface area contributed by atoms with Gasteiger partial charge in [0.1, 0.15) is 5.56 Å². The molecule has 1 aromatic heterocycles. The van der Waals surface area contributed by atoms with Crippen LogP contribution in [0.3, 0.4) is 0 Å². The molecule has 1 rings (SSSR count). The molecule has 0 amide bonds. The van der Waals surface area contributed by atoms with Crippen LogP contribution in [0.5, 0.6) is 5.88 Å². The molecule has 0 radical (unpaired) electrons. The number of rotatable bonds is 9. The topological polar surface area (TPSA) is 90.7 Å². The maximum Gasteiger partial charge on any atom is 0.331 e. The zero-order chi connectivity index (χ0) is 17.4. The van der Waals surface area contributed by atoms with Gasteiger partial charge in [0, 0.05) is 18.8 Å². The van der Waals surface area contributed by atoms with Crippen molar-refractivity contribution in [3.63, 3.8) is 0 Å². The smallest absolute Gasteiger partial charge is 0.331 e. The van der Waals surface area contributed by atoms with Crippen molar-refractivity contribution >= 4 is 5.71 Å². The molecular weight excluding hydrogens is 296 g/mol. The van der Waals surface area contributed by atoms with E-state index in [4.69, 9.17) is 0 Å². The summed E-state index contributed by atoms with van der Waals surface area (Å²) < 4.78 is 1.05. The second kappa shape index (κ2) is 9.09. The van der Waals surface area contributed by atoms with Crippen LogP contribution in [-0.4, -0.2) is 51.4 Å². The maximum atomic E-state index is 11.9. The van der Waals surface area contributed by atoms with Gasteiger partial charge in [-0.3, -0.25) is 19.3 Å². The molecule has 7 heteroatoms. The summed E-state index contributed by atoms with van der Waals surface area (Å²) in [5, 5.41) is 10.2. The minimum Gasteiger partial charge on any atom is -0.494 e. The third-order valence-electron chi connectivity index (χ3n) is 3.72. The standard InChI is InChI=1S/C16H26N4O3/c1-5-10-20-15(22)13(14(21)18-16(20)23)12(4)17-9-8-11-19(6-2)7-3/h5,22H,1,6-11H2,2-4H3,(H,18,21,23). The molecule has 1 heterocycles. The van der Waals surface area contributed by atoms with Crippen molar-refractivity contribution in [2.24, 2.45) is 4.99 Å². The molecule has 0 aromatic carbocycles. The van der Waals surface area contributed by atoms with E-state index in [0.29, 0.717) is 12.3 Å². The van der Waals surface area contributed by atoms with Crippen LogP contribution in [0.4, 0.5) is 0 Å². The highest BCUT2D eigenvalue weighted by molar-refractivity contribution is 6.00. The highest BCUT2D eigenvalue weighted by Gasteiger charge is 2.15. The predicted octanol–water partition coefficient (Wildman–Crippen LogP) is 0.969. The fourth-order valence-electron chi connectivity index (χ4n) is 2.34. The van der Waals surface area contributed by atoms with Crippen molar-refractivity contribution in [2.75, 3.05) is 26.2 Å². The second-order valence-corrected chi connectivity index (χ2v) is 5.20. The van der Waals surface area contributed by atoms with Crippen LogP contribution >= 0.6 is 0 Å². The highest BCUT2D eigenvalue weighted by Crippen LogP contribution is 2.11. The van der Waals surface area contributed by atoms with Crippen LogP contribution in [0.1, 0.15) is 32.8 Å². The van der Waals surface area contributed by atoms with Gasteiger partial charge in [0.25, 0.3) is 5.56 Å². The number of aromatic hydroxyl groups is 1. The number of H-pyrrole nitrogens is 1. The summed E-state index contributed by atoms with van der Waals surface area (Å²) in [6.45, 7) is 13.0. The number of nitrogens with zero attached hydrogens (tertiary/aromatic N) is 3. The van der Waals surface area contributed by atoms with Crippen molar-refractivity contribution in [3.05, 3.63) is 39.1 Å². The number of hydrogen-bond donors (Lipinski definition) is 2. The lowest BCUT2D eigenvalue weighted by Gasteiger charge is -2.16. The molecule has 0 spiro atoms. The van der Waals surface area contributed by atoms with E-state index in [9.17, 15) is 14.7 Å². The summed E-state index contributed by atoms with van der Waals surface area (Å²) in [5.74, 6) is -0.372. The molecule has 0 aliphatic heterocycles. The lowest BCUT2D eigenvalue weighted by molar-refractivity contribution is 0.302. The minimum atomic E-state index is -0.662. The summed E-state index contributed by atoms with van der Waals surface area (Å²) in [6, 6.07) is 0. The minimum absolute atomic E-state index is 0.0364. The molecule has 2 N–H and O–H groups in total. The van der Waals surface area contributed by atoms with Gasteiger partial charge in [-0.25, -0.2) is 4.79 Å². The van der Waals surface area contributed by atoms with Crippen LogP contribution in [-0.2, 0) is 6.54 Å². The molecular formula is C16H26N4O3. The van der Waals surface area contributed by atoms with Crippen molar-refractivity contribution in [1.82, 2.24) is 14.5 Å². The van der Waals surface area contributed by atoms with E-state index in [2.05, 4.69) is 35.3 Å². The Balaban J connectivity index is 2.95. The van der Waals surface area contributed by atoms with E-state index in [-0.39, 0.29) is 18.0 Å². The van der Waals surface area contributed by atoms with Gasteiger partial charge >= 0.3 is 5.69 Å². The first-order valence-electron chi connectivity index (χ1n) is 7.86. The number of allylic oxidation sites excluding steroid dienone is 1. The molecule has 1 aromatic rings. The van der Waals surface area contributed by atoms with Gasteiger partial charge in [0.15, 0.2) is 0 Å². The average Bonchev–Trinajstić information content (AvgIpc) is 2.51. The first kappa shape index (κ1) is 18.9.